The molecule has 6 nitrogen and oxygen atoms in total. The van der Waals surface area contributed by atoms with Crippen molar-refractivity contribution in [3.63, 3.8) is 0 Å². The van der Waals surface area contributed by atoms with E-state index in [1.807, 2.05) is 0 Å². The Morgan fingerprint density at radius 2 is 1.76 bits per heavy atom. The topological polar surface area (TPSA) is 72.9 Å². The second-order valence-corrected chi connectivity index (χ2v) is 19.1. The number of nitrogens with zero attached hydrogens (tertiary/aromatic N) is 1. The number of rotatable bonds is 8. The molecule has 8 heteroatoms. The molecule has 4 aliphatic rings. The zero-order valence-corrected chi connectivity index (χ0v) is 23.6. The van der Waals surface area contributed by atoms with Crippen LogP contribution in [0.4, 0.5) is 0 Å². The van der Waals surface area contributed by atoms with Gasteiger partial charge in [-0.3, -0.25) is 4.79 Å². The molecule has 34 heavy (non-hydrogen) atoms. The number of carbonyl (C=O) groups excluding carboxylic acids is 1. The molecule has 2 bridgehead atoms. The van der Waals surface area contributed by atoms with E-state index in [9.17, 15) is 13.2 Å². The lowest BCUT2D eigenvalue weighted by Gasteiger charge is -2.37. The fourth-order valence-corrected chi connectivity index (χ4v) is 10.3. The largest absolute Gasteiger partial charge is 0.348 e. The highest BCUT2D eigenvalue weighted by Crippen LogP contribution is 2.70. The Labute approximate surface area is 207 Å². The average Bonchev–Trinajstić information content (AvgIpc) is 3.39. The molecule has 3 atom stereocenters. The molecular weight excluding hydrogens is 466 g/mol. The molecule has 1 spiro atoms. The number of hydrogen-bond acceptors (Lipinski definition) is 5. The van der Waals surface area contributed by atoms with Crippen molar-refractivity contribution in [2.45, 2.75) is 110 Å². The highest BCUT2D eigenvalue weighted by atomic mass is 32.2. The Kier molecular flexibility index (Phi) is 7.09. The van der Waals surface area contributed by atoms with Gasteiger partial charge in [-0.2, -0.15) is 0 Å². The molecule has 192 valence electrons. The van der Waals surface area contributed by atoms with Crippen LogP contribution in [0.3, 0.4) is 0 Å². The Hall–Kier alpha value is -0.883. The second kappa shape index (κ2) is 9.21. The highest BCUT2D eigenvalue weighted by Gasteiger charge is 2.72. The quantitative estimate of drug-likeness (QED) is 0.269. The molecule has 0 aromatic carbocycles. The Morgan fingerprint density at radius 3 is 2.41 bits per heavy atom. The molecule has 0 N–H and O–H groups in total. The van der Waals surface area contributed by atoms with E-state index in [1.165, 1.54) is 4.31 Å². The van der Waals surface area contributed by atoms with Gasteiger partial charge >= 0.3 is 0 Å². The maximum Gasteiger partial charge on any atom is 0.238 e. The molecule has 2 heterocycles. The van der Waals surface area contributed by atoms with Crippen LogP contribution in [0.1, 0.15) is 78.1 Å². The molecule has 2 aliphatic heterocycles. The van der Waals surface area contributed by atoms with Gasteiger partial charge in [-0.05, 0) is 49.9 Å². The minimum absolute atomic E-state index is 0.0190. The molecule has 4 fully saturated rings. The molecular formula is C26H43NO5SSi. The number of unbranched alkanes of at least 4 members (excludes halogenated alkanes) is 2. The van der Waals surface area contributed by atoms with Crippen LogP contribution in [0, 0.1) is 28.2 Å². The van der Waals surface area contributed by atoms with Crippen LogP contribution >= 0.6 is 0 Å². The minimum Gasteiger partial charge on any atom is -0.348 e. The van der Waals surface area contributed by atoms with E-state index in [2.05, 4.69) is 45.0 Å². The van der Waals surface area contributed by atoms with Gasteiger partial charge in [0, 0.05) is 31.1 Å². The molecule has 2 saturated heterocycles. The summed E-state index contributed by atoms with van der Waals surface area (Å²) in [5.74, 6) is 3.10. The highest BCUT2D eigenvalue weighted by molar-refractivity contribution is 7.90. The van der Waals surface area contributed by atoms with Crippen LogP contribution < -0.4 is 0 Å². The number of ether oxygens (including phenoxy) is 2. The summed E-state index contributed by atoms with van der Waals surface area (Å²) < 4.78 is 39.5. The normalized spacial score (nSPS) is 32.4. The first-order valence-electron chi connectivity index (χ1n) is 13.1. The average molecular weight is 510 g/mol. The number of carbonyl (C=O) groups is 1. The van der Waals surface area contributed by atoms with Crippen LogP contribution in [0.5, 0.6) is 0 Å². The van der Waals surface area contributed by atoms with Gasteiger partial charge in [0.2, 0.25) is 15.9 Å². The molecule has 1 amide bonds. The van der Waals surface area contributed by atoms with E-state index in [-0.39, 0.29) is 35.0 Å². The van der Waals surface area contributed by atoms with Crippen LogP contribution in [0.15, 0.2) is 0 Å². The summed E-state index contributed by atoms with van der Waals surface area (Å²) in [7, 11) is -4.87. The Bertz CT molecular complexity index is 954. The van der Waals surface area contributed by atoms with E-state index in [4.69, 9.17) is 9.47 Å². The minimum atomic E-state index is -3.55. The first-order chi connectivity index (χ1) is 15.8. The molecule has 0 unspecified atom stereocenters. The van der Waals surface area contributed by atoms with Gasteiger partial charge in [0.1, 0.15) is 8.07 Å². The molecule has 0 radical (unpaired) electrons. The maximum absolute atomic E-state index is 13.2. The van der Waals surface area contributed by atoms with Crippen molar-refractivity contribution in [3.8, 4) is 11.5 Å². The van der Waals surface area contributed by atoms with Crippen molar-refractivity contribution >= 4 is 24.0 Å². The lowest BCUT2D eigenvalue weighted by atomic mass is 9.69. The third kappa shape index (κ3) is 4.75. The van der Waals surface area contributed by atoms with Gasteiger partial charge in [-0.15, -0.1) is 11.5 Å². The molecule has 2 aliphatic carbocycles. The third-order valence-electron chi connectivity index (χ3n) is 8.99. The van der Waals surface area contributed by atoms with Crippen molar-refractivity contribution in [2.24, 2.45) is 16.7 Å². The summed E-state index contributed by atoms with van der Waals surface area (Å²) in [6.45, 7) is 12.3. The van der Waals surface area contributed by atoms with E-state index >= 15 is 0 Å². The van der Waals surface area contributed by atoms with Crippen molar-refractivity contribution in [2.75, 3.05) is 19.0 Å². The molecule has 0 aromatic heterocycles. The van der Waals surface area contributed by atoms with Gasteiger partial charge in [-0.1, -0.05) is 33.5 Å². The van der Waals surface area contributed by atoms with Gasteiger partial charge in [-0.25, -0.2) is 12.7 Å². The van der Waals surface area contributed by atoms with E-state index in [0.717, 1.165) is 44.9 Å². The van der Waals surface area contributed by atoms with Crippen molar-refractivity contribution in [1.29, 1.82) is 0 Å². The lowest BCUT2D eigenvalue weighted by Crippen LogP contribution is -2.44. The first-order valence-corrected chi connectivity index (χ1v) is 18.3. The van der Waals surface area contributed by atoms with E-state index < -0.39 is 23.9 Å². The van der Waals surface area contributed by atoms with Gasteiger partial charge in [0.15, 0.2) is 5.79 Å². The summed E-state index contributed by atoms with van der Waals surface area (Å²) in [4.78, 5) is 13.2. The number of fused-ring (bicyclic) bond motifs is 1. The smallest absolute Gasteiger partial charge is 0.238 e. The van der Waals surface area contributed by atoms with E-state index in [1.54, 1.807) is 0 Å². The monoisotopic (exact) mass is 509 g/mol. The molecule has 4 rings (SSSR count). The van der Waals surface area contributed by atoms with Crippen LogP contribution in [0.25, 0.3) is 0 Å². The SMILES string of the molecule is CC1(C)[C@@H]2CC[C@]13CS(=O)(=O)N(C(=O)CCCC1(CCCCC#C[Si](C)(C)C)OCCO1)[C@@H]3C2. The second-order valence-electron chi connectivity index (χ2n) is 12.5. The Morgan fingerprint density at radius 1 is 1.09 bits per heavy atom. The molecule has 0 aromatic rings. The van der Waals surface area contributed by atoms with E-state index in [0.29, 0.717) is 32.0 Å². The summed E-state index contributed by atoms with van der Waals surface area (Å²) in [6.07, 6.45) is 7.93. The predicted octanol–water partition coefficient (Wildman–Crippen LogP) is 4.71. The molecule has 2 saturated carbocycles. The zero-order chi connectivity index (χ0) is 24.8. The van der Waals surface area contributed by atoms with Gasteiger partial charge in [0.05, 0.1) is 25.0 Å². The van der Waals surface area contributed by atoms with Crippen LogP contribution in [-0.4, -0.2) is 57.5 Å². The summed E-state index contributed by atoms with van der Waals surface area (Å²) in [5.41, 5.74) is 3.13. The summed E-state index contributed by atoms with van der Waals surface area (Å²) in [5, 5.41) is 0. The Balaban J connectivity index is 1.30. The van der Waals surface area contributed by atoms with Crippen LogP contribution in [0.2, 0.25) is 19.6 Å². The van der Waals surface area contributed by atoms with Crippen molar-refractivity contribution < 1.29 is 22.7 Å². The zero-order valence-electron chi connectivity index (χ0n) is 21.7. The van der Waals surface area contributed by atoms with Crippen LogP contribution in [-0.2, 0) is 24.3 Å². The fourth-order valence-electron chi connectivity index (χ4n) is 7.08. The predicted molar refractivity (Wildman–Crippen MR) is 136 cm³/mol. The standard InChI is InChI=1S/C26H43NO5SSi/c1-24(2)21-12-15-25(24)20-33(29,30)27(22(25)19-21)23(28)11-10-14-26(31-16-17-32-26)13-8-6-7-9-18-34(3,4)5/h21-22H,6-8,10-17,19-20H2,1-5H3/t21-,22-,25-/m1/s1. The number of hydrogen-bond donors (Lipinski definition) is 0. The summed E-state index contributed by atoms with van der Waals surface area (Å²) in [6, 6.07) is -0.149. The van der Waals surface area contributed by atoms with Gasteiger partial charge < -0.3 is 9.47 Å². The van der Waals surface area contributed by atoms with Gasteiger partial charge in [0.25, 0.3) is 0 Å². The fraction of sp³-hybridized carbons (Fsp3) is 0.885. The first kappa shape index (κ1) is 26.2. The number of sulfonamides is 1. The van der Waals surface area contributed by atoms with Crippen molar-refractivity contribution in [3.05, 3.63) is 0 Å². The van der Waals surface area contributed by atoms with Crippen molar-refractivity contribution in [1.82, 2.24) is 4.31 Å². The maximum atomic E-state index is 13.2. The third-order valence-corrected chi connectivity index (χ3v) is 11.9. The summed E-state index contributed by atoms with van der Waals surface area (Å²) >= 11 is 0. The lowest BCUT2D eigenvalue weighted by molar-refractivity contribution is -0.169. The number of amides is 1.